The van der Waals surface area contributed by atoms with E-state index >= 15 is 0 Å². The number of anilines is 1. The van der Waals surface area contributed by atoms with Crippen LogP contribution in [0.3, 0.4) is 0 Å². The summed E-state index contributed by atoms with van der Waals surface area (Å²) in [5.74, 6) is -0.0394. The highest BCUT2D eigenvalue weighted by atomic mass is 127. The molecule has 1 amide bonds. The lowest BCUT2D eigenvalue weighted by Crippen LogP contribution is -2.61. The Labute approximate surface area is 114 Å². The highest BCUT2D eigenvalue weighted by molar-refractivity contribution is 14.1. The number of likely N-dealkylation sites (tertiary alicyclic amines) is 1. The van der Waals surface area contributed by atoms with Crippen LogP contribution in [0.5, 0.6) is 0 Å². The molecule has 0 unspecified atom stereocenters. The number of halogens is 1. The quantitative estimate of drug-likeness (QED) is 0.812. The molecule has 4 nitrogen and oxygen atoms in total. The Morgan fingerprint density at radius 2 is 2.29 bits per heavy atom. The summed E-state index contributed by atoms with van der Waals surface area (Å²) in [5.41, 5.74) is 0.191. The summed E-state index contributed by atoms with van der Waals surface area (Å²) >= 11 is 2.21. The summed E-state index contributed by atoms with van der Waals surface area (Å²) in [5, 5.41) is 12.4. The van der Waals surface area contributed by atoms with E-state index in [0.717, 1.165) is 9.26 Å². The van der Waals surface area contributed by atoms with Crippen LogP contribution in [0.15, 0.2) is 24.3 Å². The van der Waals surface area contributed by atoms with Crippen LogP contribution in [0, 0.1) is 3.57 Å². The van der Waals surface area contributed by atoms with E-state index in [9.17, 15) is 9.90 Å². The van der Waals surface area contributed by atoms with Gasteiger partial charge in [-0.2, -0.15) is 0 Å². The molecule has 0 aromatic heterocycles. The first-order valence-electron chi connectivity index (χ1n) is 5.45. The SMILES string of the molecule is CC1(O)CN(CC(=O)Nc2cccc(I)c2)C1. The lowest BCUT2D eigenvalue weighted by Gasteiger charge is -2.43. The first-order valence-corrected chi connectivity index (χ1v) is 6.53. The van der Waals surface area contributed by atoms with Crippen molar-refractivity contribution in [3.8, 4) is 0 Å². The third-order valence-electron chi connectivity index (χ3n) is 2.60. The monoisotopic (exact) mass is 346 g/mol. The normalized spacial score (nSPS) is 18.5. The minimum atomic E-state index is -0.623. The lowest BCUT2D eigenvalue weighted by atomic mass is 9.97. The number of carbonyl (C=O) groups is 1. The fourth-order valence-corrected chi connectivity index (χ4v) is 2.54. The van der Waals surface area contributed by atoms with E-state index in [2.05, 4.69) is 27.9 Å². The van der Waals surface area contributed by atoms with E-state index < -0.39 is 5.60 Å². The predicted molar refractivity (Wildman–Crippen MR) is 74.9 cm³/mol. The lowest BCUT2D eigenvalue weighted by molar-refractivity contribution is -0.125. The van der Waals surface area contributed by atoms with Gasteiger partial charge in [-0.3, -0.25) is 9.69 Å². The van der Waals surface area contributed by atoms with E-state index in [-0.39, 0.29) is 5.91 Å². The second kappa shape index (κ2) is 4.91. The van der Waals surface area contributed by atoms with Crippen LogP contribution in [0.2, 0.25) is 0 Å². The Bertz CT molecular complexity index is 426. The number of hydrogen-bond donors (Lipinski definition) is 2. The summed E-state index contributed by atoms with van der Waals surface area (Å²) in [6.07, 6.45) is 0. The third kappa shape index (κ3) is 3.65. The molecule has 1 aliphatic heterocycles. The standard InChI is InChI=1S/C12H15IN2O2/c1-12(17)7-15(8-12)6-11(16)14-10-4-2-3-9(13)5-10/h2-5,17H,6-8H2,1H3,(H,14,16). The van der Waals surface area contributed by atoms with E-state index in [1.54, 1.807) is 6.92 Å². The largest absolute Gasteiger partial charge is 0.388 e. The van der Waals surface area contributed by atoms with Crippen molar-refractivity contribution in [2.75, 3.05) is 25.0 Å². The van der Waals surface area contributed by atoms with Crippen LogP contribution < -0.4 is 5.32 Å². The minimum absolute atomic E-state index is 0.0394. The van der Waals surface area contributed by atoms with Gasteiger partial charge in [0.05, 0.1) is 12.1 Å². The molecule has 0 aliphatic carbocycles. The number of benzene rings is 1. The van der Waals surface area contributed by atoms with Crippen molar-refractivity contribution in [3.05, 3.63) is 27.8 Å². The highest BCUT2D eigenvalue weighted by Gasteiger charge is 2.37. The highest BCUT2D eigenvalue weighted by Crippen LogP contribution is 2.19. The van der Waals surface area contributed by atoms with Gasteiger partial charge in [0, 0.05) is 22.3 Å². The number of amides is 1. The van der Waals surface area contributed by atoms with Gasteiger partial charge < -0.3 is 10.4 Å². The molecule has 2 rings (SSSR count). The molecule has 1 fully saturated rings. The third-order valence-corrected chi connectivity index (χ3v) is 3.28. The first kappa shape index (κ1) is 12.8. The molecular formula is C12H15IN2O2. The number of carbonyl (C=O) groups excluding carboxylic acids is 1. The van der Waals surface area contributed by atoms with E-state index in [1.807, 2.05) is 29.2 Å². The fraction of sp³-hybridized carbons (Fsp3) is 0.417. The second-order valence-corrected chi connectivity index (χ2v) is 5.95. The van der Waals surface area contributed by atoms with Gasteiger partial charge in [-0.1, -0.05) is 6.07 Å². The maximum Gasteiger partial charge on any atom is 0.238 e. The molecule has 0 radical (unpaired) electrons. The summed E-state index contributed by atoms with van der Waals surface area (Å²) < 4.78 is 1.09. The van der Waals surface area contributed by atoms with Crippen molar-refractivity contribution in [1.29, 1.82) is 0 Å². The van der Waals surface area contributed by atoms with Gasteiger partial charge in [-0.05, 0) is 47.7 Å². The maximum absolute atomic E-state index is 11.7. The molecule has 17 heavy (non-hydrogen) atoms. The van der Waals surface area contributed by atoms with Crippen LogP contribution in [0.1, 0.15) is 6.92 Å². The number of rotatable bonds is 3. The van der Waals surface area contributed by atoms with E-state index in [1.165, 1.54) is 0 Å². The van der Waals surface area contributed by atoms with Gasteiger partial charge in [-0.25, -0.2) is 0 Å². The summed E-state index contributed by atoms with van der Waals surface area (Å²) in [6, 6.07) is 7.67. The van der Waals surface area contributed by atoms with Crippen LogP contribution in [-0.2, 0) is 4.79 Å². The van der Waals surface area contributed by atoms with Crippen LogP contribution in [0.4, 0.5) is 5.69 Å². The van der Waals surface area contributed by atoms with Gasteiger partial charge in [0.2, 0.25) is 5.91 Å². The molecular weight excluding hydrogens is 331 g/mol. The zero-order chi connectivity index (χ0) is 12.5. The fourth-order valence-electron chi connectivity index (χ4n) is 2.00. The van der Waals surface area contributed by atoms with Crippen molar-refractivity contribution < 1.29 is 9.90 Å². The number of β-amino-alcohol motifs (C(OH)–C–C–N with tert-alkyl or cyclic N) is 1. The molecule has 5 heteroatoms. The van der Waals surface area contributed by atoms with Crippen molar-refractivity contribution in [1.82, 2.24) is 4.90 Å². The molecule has 0 bridgehead atoms. The van der Waals surface area contributed by atoms with Gasteiger partial charge in [-0.15, -0.1) is 0 Å². The molecule has 2 N–H and O–H groups in total. The molecule has 1 aromatic rings. The number of nitrogens with one attached hydrogen (secondary N) is 1. The minimum Gasteiger partial charge on any atom is -0.388 e. The zero-order valence-corrected chi connectivity index (χ0v) is 11.8. The Morgan fingerprint density at radius 3 is 2.88 bits per heavy atom. The number of aliphatic hydroxyl groups is 1. The summed E-state index contributed by atoms with van der Waals surface area (Å²) in [4.78, 5) is 13.6. The molecule has 1 saturated heterocycles. The Balaban J connectivity index is 1.82. The smallest absolute Gasteiger partial charge is 0.238 e. The predicted octanol–water partition coefficient (Wildman–Crippen LogP) is 1.30. The Morgan fingerprint density at radius 1 is 1.59 bits per heavy atom. The second-order valence-electron chi connectivity index (χ2n) is 4.70. The van der Waals surface area contributed by atoms with Crippen molar-refractivity contribution >= 4 is 34.2 Å². The molecule has 0 spiro atoms. The summed E-state index contributed by atoms with van der Waals surface area (Å²) in [6.45, 7) is 3.24. The average Bonchev–Trinajstić information content (AvgIpc) is 2.14. The maximum atomic E-state index is 11.7. The summed E-state index contributed by atoms with van der Waals surface area (Å²) in [7, 11) is 0. The molecule has 1 heterocycles. The van der Waals surface area contributed by atoms with Crippen molar-refractivity contribution in [3.63, 3.8) is 0 Å². The number of hydrogen-bond acceptors (Lipinski definition) is 3. The molecule has 0 saturated carbocycles. The Kier molecular flexibility index (Phi) is 3.70. The van der Waals surface area contributed by atoms with Crippen molar-refractivity contribution in [2.24, 2.45) is 0 Å². The molecule has 1 aromatic carbocycles. The molecule has 0 atom stereocenters. The van der Waals surface area contributed by atoms with Gasteiger partial charge >= 0.3 is 0 Å². The van der Waals surface area contributed by atoms with Crippen molar-refractivity contribution in [2.45, 2.75) is 12.5 Å². The van der Waals surface area contributed by atoms with E-state index in [4.69, 9.17) is 0 Å². The number of nitrogens with zero attached hydrogens (tertiary/aromatic N) is 1. The zero-order valence-electron chi connectivity index (χ0n) is 9.61. The van der Waals surface area contributed by atoms with Gasteiger partial charge in [0.1, 0.15) is 0 Å². The van der Waals surface area contributed by atoms with Crippen LogP contribution in [-0.4, -0.2) is 41.1 Å². The average molecular weight is 346 g/mol. The first-order chi connectivity index (χ1) is 7.94. The molecule has 1 aliphatic rings. The Hall–Kier alpha value is -0.660. The van der Waals surface area contributed by atoms with Gasteiger partial charge in [0.25, 0.3) is 0 Å². The van der Waals surface area contributed by atoms with Crippen LogP contribution >= 0.6 is 22.6 Å². The van der Waals surface area contributed by atoms with Gasteiger partial charge in [0.15, 0.2) is 0 Å². The van der Waals surface area contributed by atoms with Crippen LogP contribution in [0.25, 0.3) is 0 Å². The topological polar surface area (TPSA) is 52.6 Å². The molecule has 92 valence electrons. The van der Waals surface area contributed by atoms with E-state index in [0.29, 0.717) is 19.6 Å².